The zero-order valence-electron chi connectivity index (χ0n) is 10.8. The van der Waals surface area contributed by atoms with Gasteiger partial charge >= 0.3 is 0 Å². The Balaban J connectivity index is 1.86. The van der Waals surface area contributed by atoms with Crippen LogP contribution in [-0.4, -0.2) is 21.7 Å². The van der Waals surface area contributed by atoms with Gasteiger partial charge in [0.1, 0.15) is 5.15 Å². The fraction of sp³-hybridized carbons (Fsp3) is 0.417. The monoisotopic (exact) mass is 314 g/mol. The molecular formula is C12H15ClN4S2. The van der Waals surface area contributed by atoms with Crippen molar-refractivity contribution in [3.05, 3.63) is 29.0 Å². The van der Waals surface area contributed by atoms with E-state index in [1.807, 2.05) is 12.1 Å². The van der Waals surface area contributed by atoms with Crippen LogP contribution in [0.25, 0.3) is 0 Å². The second-order valence-electron chi connectivity index (χ2n) is 4.39. The van der Waals surface area contributed by atoms with E-state index in [0.29, 0.717) is 11.1 Å². The van der Waals surface area contributed by atoms with Gasteiger partial charge in [0, 0.05) is 12.3 Å². The maximum Gasteiger partial charge on any atom is 0.206 e. The minimum atomic E-state index is 0.523. The molecule has 0 unspecified atom stereocenters. The lowest BCUT2D eigenvalue weighted by atomic mass is 10.2. The summed E-state index contributed by atoms with van der Waals surface area (Å²) in [4.78, 5) is 4.24. The molecule has 0 radical (unpaired) electrons. The molecule has 0 atom stereocenters. The lowest BCUT2D eigenvalue weighted by molar-refractivity contribution is 0.687. The quantitative estimate of drug-likeness (QED) is 0.646. The Morgan fingerprint density at radius 2 is 2.21 bits per heavy atom. The lowest BCUT2D eigenvalue weighted by Gasteiger charge is -2.03. The molecule has 0 amide bonds. The summed E-state index contributed by atoms with van der Waals surface area (Å²) >= 11 is 9.03. The Bertz CT molecular complexity index is 530. The molecule has 2 aromatic heterocycles. The van der Waals surface area contributed by atoms with E-state index in [2.05, 4.69) is 34.3 Å². The van der Waals surface area contributed by atoms with Gasteiger partial charge in [-0.3, -0.25) is 0 Å². The Kier molecular flexibility index (Phi) is 5.42. The summed E-state index contributed by atoms with van der Waals surface area (Å²) in [6.07, 6.45) is 0. The predicted octanol–water partition coefficient (Wildman–Crippen LogP) is 3.95. The van der Waals surface area contributed by atoms with E-state index in [-0.39, 0.29) is 0 Å². The molecule has 0 aliphatic heterocycles. The fourth-order valence-electron chi connectivity index (χ4n) is 1.30. The molecule has 19 heavy (non-hydrogen) atoms. The molecule has 4 nitrogen and oxygen atoms in total. The number of anilines is 1. The third-order valence-electron chi connectivity index (χ3n) is 2.18. The Labute approximate surface area is 126 Å². The van der Waals surface area contributed by atoms with Gasteiger partial charge in [-0.2, -0.15) is 0 Å². The molecule has 2 aromatic rings. The molecule has 0 bridgehead atoms. The van der Waals surface area contributed by atoms with E-state index >= 15 is 0 Å². The molecule has 0 fully saturated rings. The van der Waals surface area contributed by atoms with E-state index < -0.39 is 0 Å². The van der Waals surface area contributed by atoms with E-state index in [1.165, 1.54) is 0 Å². The Morgan fingerprint density at radius 1 is 1.37 bits per heavy atom. The summed E-state index contributed by atoms with van der Waals surface area (Å²) in [5.41, 5.74) is 0.949. The first-order chi connectivity index (χ1) is 9.13. The molecule has 0 aromatic carbocycles. The van der Waals surface area contributed by atoms with Crippen LogP contribution >= 0.6 is 34.7 Å². The number of nitrogens with one attached hydrogen (secondary N) is 1. The molecule has 1 N–H and O–H groups in total. The van der Waals surface area contributed by atoms with E-state index in [0.717, 1.165) is 27.5 Å². The SMILES string of the molecule is CC(C)CNc1nnc(SCc2cccc(Cl)n2)s1. The Hall–Kier alpha value is -0.850. The number of rotatable bonds is 6. The van der Waals surface area contributed by atoms with Gasteiger partial charge in [0.2, 0.25) is 5.13 Å². The van der Waals surface area contributed by atoms with Crippen molar-refractivity contribution in [2.24, 2.45) is 5.92 Å². The Morgan fingerprint density at radius 3 is 2.95 bits per heavy atom. The summed E-state index contributed by atoms with van der Waals surface area (Å²) < 4.78 is 0.938. The average Bonchev–Trinajstić information content (AvgIpc) is 2.82. The first-order valence-electron chi connectivity index (χ1n) is 5.95. The van der Waals surface area contributed by atoms with Crippen molar-refractivity contribution in [1.82, 2.24) is 15.2 Å². The maximum atomic E-state index is 5.85. The number of aromatic nitrogens is 3. The van der Waals surface area contributed by atoms with Crippen LogP contribution < -0.4 is 5.32 Å². The van der Waals surface area contributed by atoms with Crippen LogP contribution in [0.15, 0.2) is 22.5 Å². The molecule has 0 saturated carbocycles. The highest BCUT2D eigenvalue weighted by atomic mass is 35.5. The number of thioether (sulfide) groups is 1. The van der Waals surface area contributed by atoms with Gasteiger partial charge in [-0.05, 0) is 18.1 Å². The van der Waals surface area contributed by atoms with Crippen LogP contribution in [0.1, 0.15) is 19.5 Å². The number of halogens is 1. The smallest absolute Gasteiger partial charge is 0.206 e. The molecule has 2 rings (SSSR count). The largest absolute Gasteiger partial charge is 0.360 e. The molecule has 0 spiro atoms. The number of hydrogen-bond donors (Lipinski definition) is 1. The minimum absolute atomic E-state index is 0.523. The van der Waals surface area contributed by atoms with Crippen LogP contribution in [0.4, 0.5) is 5.13 Å². The summed E-state index contributed by atoms with van der Waals surface area (Å²) in [6.45, 7) is 5.23. The second-order valence-corrected chi connectivity index (χ2v) is 6.98. The average molecular weight is 315 g/mol. The molecule has 0 saturated heterocycles. The van der Waals surface area contributed by atoms with Gasteiger partial charge in [0.15, 0.2) is 4.34 Å². The van der Waals surface area contributed by atoms with Crippen LogP contribution in [0.5, 0.6) is 0 Å². The van der Waals surface area contributed by atoms with Crippen molar-refractivity contribution >= 4 is 39.8 Å². The van der Waals surface area contributed by atoms with Gasteiger partial charge < -0.3 is 5.32 Å². The third kappa shape index (κ3) is 4.97. The minimum Gasteiger partial charge on any atom is -0.360 e. The summed E-state index contributed by atoms with van der Waals surface area (Å²) in [5, 5.41) is 12.9. The number of nitrogens with zero attached hydrogens (tertiary/aromatic N) is 3. The van der Waals surface area contributed by atoms with Crippen LogP contribution in [0, 0.1) is 5.92 Å². The summed E-state index contributed by atoms with van der Waals surface area (Å²) in [6, 6.07) is 5.63. The maximum absolute atomic E-state index is 5.85. The molecule has 102 valence electrons. The van der Waals surface area contributed by atoms with E-state index in [1.54, 1.807) is 29.2 Å². The van der Waals surface area contributed by atoms with Gasteiger partial charge in [-0.15, -0.1) is 10.2 Å². The van der Waals surface area contributed by atoms with Crippen molar-refractivity contribution in [1.29, 1.82) is 0 Å². The first kappa shape index (κ1) is 14.6. The highest BCUT2D eigenvalue weighted by Crippen LogP contribution is 2.28. The van der Waals surface area contributed by atoms with Crippen molar-refractivity contribution in [2.75, 3.05) is 11.9 Å². The molecule has 0 aliphatic rings. The van der Waals surface area contributed by atoms with Crippen molar-refractivity contribution in [3.63, 3.8) is 0 Å². The highest BCUT2D eigenvalue weighted by Gasteiger charge is 2.06. The van der Waals surface area contributed by atoms with Crippen LogP contribution in [0.2, 0.25) is 5.15 Å². The van der Waals surface area contributed by atoms with E-state index in [4.69, 9.17) is 11.6 Å². The predicted molar refractivity (Wildman–Crippen MR) is 82.0 cm³/mol. The highest BCUT2D eigenvalue weighted by molar-refractivity contribution is 8.00. The summed E-state index contributed by atoms with van der Waals surface area (Å²) in [5.74, 6) is 1.34. The fourth-order valence-corrected chi connectivity index (χ4v) is 3.14. The van der Waals surface area contributed by atoms with Crippen LogP contribution in [0.3, 0.4) is 0 Å². The lowest BCUT2D eigenvalue weighted by Crippen LogP contribution is -2.07. The standard InChI is InChI=1S/C12H15ClN4S2/c1-8(2)6-14-11-16-17-12(19-11)18-7-9-4-3-5-10(13)15-9/h3-5,8H,6-7H2,1-2H3,(H,14,16). The van der Waals surface area contributed by atoms with Crippen molar-refractivity contribution < 1.29 is 0 Å². The normalized spacial score (nSPS) is 10.9. The van der Waals surface area contributed by atoms with Crippen molar-refractivity contribution in [2.45, 2.75) is 23.9 Å². The van der Waals surface area contributed by atoms with Crippen LogP contribution in [-0.2, 0) is 5.75 Å². The zero-order valence-corrected chi connectivity index (χ0v) is 13.1. The third-order valence-corrected chi connectivity index (χ3v) is 4.44. The van der Waals surface area contributed by atoms with Gasteiger partial charge in [-0.25, -0.2) is 4.98 Å². The first-order valence-corrected chi connectivity index (χ1v) is 8.13. The van der Waals surface area contributed by atoms with Gasteiger partial charge in [-0.1, -0.05) is 54.6 Å². The summed E-state index contributed by atoms with van der Waals surface area (Å²) in [7, 11) is 0. The number of pyridine rings is 1. The molecule has 2 heterocycles. The number of hydrogen-bond acceptors (Lipinski definition) is 6. The molecular weight excluding hydrogens is 300 g/mol. The van der Waals surface area contributed by atoms with Crippen molar-refractivity contribution in [3.8, 4) is 0 Å². The second kappa shape index (κ2) is 7.07. The topological polar surface area (TPSA) is 50.7 Å². The van der Waals surface area contributed by atoms with Gasteiger partial charge in [0.05, 0.1) is 5.69 Å². The molecule has 0 aliphatic carbocycles. The zero-order chi connectivity index (χ0) is 13.7. The van der Waals surface area contributed by atoms with E-state index in [9.17, 15) is 0 Å². The molecule has 7 heteroatoms. The van der Waals surface area contributed by atoms with Gasteiger partial charge in [0.25, 0.3) is 0 Å².